The summed E-state index contributed by atoms with van der Waals surface area (Å²) in [5.41, 5.74) is 0.853. The van der Waals surface area contributed by atoms with Gasteiger partial charge in [0, 0.05) is 23.4 Å². The molecule has 17 heavy (non-hydrogen) atoms. The molecule has 1 aromatic rings. The van der Waals surface area contributed by atoms with Gasteiger partial charge in [-0.05, 0) is 30.8 Å². The smallest absolute Gasteiger partial charge is 0.148 e. The van der Waals surface area contributed by atoms with Crippen molar-refractivity contribution in [3.8, 4) is 0 Å². The third-order valence-corrected chi connectivity index (χ3v) is 4.42. The summed E-state index contributed by atoms with van der Waals surface area (Å²) in [6.07, 6.45) is 1.22. The number of hydrogen-bond donors (Lipinski definition) is 1. The van der Waals surface area contributed by atoms with Gasteiger partial charge in [-0.25, -0.2) is 12.8 Å². The molecule has 0 amide bonds. The molecule has 0 saturated heterocycles. The lowest BCUT2D eigenvalue weighted by atomic mass is 10.2. The second-order valence-electron chi connectivity index (χ2n) is 3.76. The summed E-state index contributed by atoms with van der Waals surface area (Å²) in [5.74, 6) is 0.345. The van der Waals surface area contributed by atoms with Crippen LogP contribution in [0.1, 0.15) is 5.56 Å². The second kappa shape index (κ2) is 6.37. The van der Waals surface area contributed by atoms with E-state index >= 15 is 0 Å². The molecule has 0 radical (unpaired) electrons. The maximum absolute atomic E-state index is 13.0. The highest BCUT2D eigenvalue weighted by atomic mass is 32.2. The Bertz CT molecular complexity index is 474. The average Bonchev–Trinajstić information content (AvgIpc) is 2.20. The van der Waals surface area contributed by atoms with Crippen LogP contribution in [-0.4, -0.2) is 33.2 Å². The SMILES string of the molecule is CNCc1cc(F)ccc1SCCS(C)(=O)=O. The van der Waals surface area contributed by atoms with Crippen LogP contribution in [0.2, 0.25) is 0 Å². The van der Waals surface area contributed by atoms with Gasteiger partial charge in [0.25, 0.3) is 0 Å². The first kappa shape index (κ1) is 14.5. The number of nitrogens with one attached hydrogen (secondary N) is 1. The fourth-order valence-electron chi connectivity index (χ4n) is 1.32. The molecule has 0 aliphatic carbocycles. The lowest BCUT2D eigenvalue weighted by molar-refractivity contribution is 0.603. The minimum atomic E-state index is -2.94. The van der Waals surface area contributed by atoms with Gasteiger partial charge in [-0.3, -0.25) is 0 Å². The Morgan fingerprint density at radius 1 is 1.41 bits per heavy atom. The Morgan fingerprint density at radius 2 is 2.12 bits per heavy atom. The molecule has 0 atom stereocenters. The predicted octanol–water partition coefficient (Wildman–Crippen LogP) is 1.68. The molecule has 0 spiro atoms. The van der Waals surface area contributed by atoms with Crippen LogP contribution < -0.4 is 5.32 Å². The van der Waals surface area contributed by atoms with Crippen molar-refractivity contribution in [2.45, 2.75) is 11.4 Å². The lowest BCUT2D eigenvalue weighted by Crippen LogP contribution is -2.08. The van der Waals surface area contributed by atoms with Gasteiger partial charge < -0.3 is 5.32 Å². The van der Waals surface area contributed by atoms with E-state index in [4.69, 9.17) is 0 Å². The molecule has 96 valence electrons. The van der Waals surface area contributed by atoms with E-state index in [1.54, 1.807) is 13.1 Å². The van der Waals surface area contributed by atoms with Gasteiger partial charge in [0.1, 0.15) is 15.7 Å². The number of rotatable bonds is 6. The maximum Gasteiger partial charge on any atom is 0.148 e. The Morgan fingerprint density at radius 3 is 2.71 bits per heavy atom. The monoisotopic (exact) mass is 277 g/mol. The van der Waals surface area contributed by atoms with E-state index in [9.17, 15) is 12.8 Å². The van der Waals surface area contributed by atoms with Crippen LogP contribution in [0.4, 0.5) is 4.39 Å². The van der Waals surface area contributed by atoms with Crippen LogP contribution in [0.15, 0.2) is 23.1 Å². The molecular formula is C11H16FNO2S2. The van der Waals surface area contributed by atoms with Gasteiger partial charge in [-0.15, -0.1) is 11.8 Å². The summed E-state index contributed by atoms with van der Waals surface area (Å²) in [6.45, 7) is 0.568. The zero-order chi connectivity index (χ0) is 12.9. The van der Waals surface area contributed by atoms with Crippen molar-refractivity contribution < 1.29 is 12.8 Å². The summed E-state index contributed by atoms with van der Waals surface area (Å²) in [6, 6.07) is 4.55. The van der Waals surface area contributed by atoms with Crippen molar-refractivity contribution >= 4 is 21.6 Å². The topological polar surface area (TPSA) is 46.2 Å². The Labute approximate surface area is 106 Å². The third-order valence-electron chi connectivity index (χ3n) is 2.10. The second-order valence-corrected chi connectivity index (χ2v) is 7.16. The quantitative estimate of drug-likeness (QED) is 0.804. The normalized spacial score (nSPS) is 11.7. The minimum Gasteiger partial charge on any atom is -0.316 e. The summed E-state index contributed by atoms with van der Waals surface area (Å²) in [4.78, 5) is 0.921. The zero-order valence-electron chi connectivity index (χ0n) is 9.86. The van der Waals surface area contributed by atoms with Gasteiger partial charge in [-0.2, -0.15) is 0 Å². The van der Waals surface area contributed by atoms with E-state index < -0.39 is 9.84 Å². The first-order valence-electron chi connectivity index (χ1n) is 5.16. The fraction of sp³-hybridized carbons (Fsp3) is 0.455. The number of benzene rings is 1. The van der Waals surface area contributed by atoms with Crippen molar-refractivity contribution in [3.05, 3.63) is 29.6 Å². The number of halogens is 1. The molecule has 1 aromatic carbocycles. The predicted molar refractivity (Wildman–Crippen MR) is 69.6 cm³/mol. The average molecular weight is 277 g/mol. The Kier molecular flexibility index (Phi) is 5.42. The Hall–Kier alpha value is -0.590. The molecule has 0 aliphatic rings. The highest BCUT2D eigenvalue weighted by Crippen LogP contribution is 2.23. The van der Waals surface area contributed by atoms with Crippen molar-refractivity contribution in [3.63, 3.8) is 0 Å². The van der Waals surface area contributed by atoms with Crippen LogP contribution >= 0.6 is 11.8 Å². The number of sulfone groups is 1. The number of hydrogen-bond acceptors (Lipinski definition) is 4. The van der Waals surface area contributed by atoms with E-state index in [1.807, 2.05) is 0 Å². The van der Waals surface area contributed by atoms with Gasteiger partial charge in [0.2, 0.25) is 0 Å². The van der Waals surface area contributed by atoms with E-state index in [0.29, 0.717) is 12.3 Å². The van der Waals surface area contributed by atoms with Crippen LogP contribution in [-0.2, 0) is 16.4 Å². The van der Waals surface area contributed by atoms with E-state index in [0.717, 1.165) is 10.5 Å². The molecule has 0 heterocycles. The fourth-order valence-corrected chi connectivity index (χ4v) is 3.57. The molecule has 0 bridgehead atoms. The third kappa shape index (κ3) is 5.52. The lowest BCUT2D eigenvalue weighted by Gasteiger charge is -2.08. The molecule has 3 nitrogen and oxygen atoms in total. The zero-order valence-corrected chi connectivity index (χ0v) is 11.5. The summed E-state index contributed by atoms with van der Waals surface area (Å²) >= 11 is 1.44. The minimum absolute atomic E-state index is 0.133. The molecular weight excluding hydrogens is 261 g/mol. The Balaban J connectivity index is 2.69. The maximum atomic E-state index is 13.0. The van der Waals surface area contributed by atoms with Crippen molar-refractivity contribution in [2.24, 2.45) is 0 Å². The van der Waals surface area contributed by atoms with Gasteiger partial charge in [0.15, 0.2) is 0 Å². The molecule has 0 fully saturated rings. The van der Waals surface area contributed by atoms with Gasteiger partial charge in [0.05, 0.1) is 5.75 Å². The van der Waals surface area contributed by atoms with Crippen molar-refractivity contribution in [1.29, 1.82) is 0 Å². The highest BCUT2D eigenvalue weighted by molar-refractivity contribution is 8.00. The molecule has 0 aromatic heterocycles. The van der Waals surface area contributed by atoms with E-state index in [1.165, 1.54) is 30.2 Å². The summed E-state index contributed by atoms with van der Waals surface area (Å²) in [7, 11) is -1.15. The molecule has 1 N–H and O–H groups in total. The van der Waals surface area contributed by atoms with Crippen LogP contribution in [0.25, 0.3) is 0 Å². The number of thioether (sulfide) groups is 1. The van der Waals surface area contributed by atoms with E-state index in [-0.39, 0.29) is 11.6 Å². The highest BCUT2D eigenvalue weighted by Gasteiger charge is 2.07. The van der Waals surface area contributed by atoms with Crippen molar-refractivity contribution in [2.75, 3.05) is 24.8 Å². The van der Waals surface area contributed by atoms with Crippen LogP contribution in [0.5, 0.6) is 0 Å². The first-order valence-corrected chi connectivity index (χ1v) is 8.20. The van der Waals surface area contributed by atoms with Crippen molar-refractivity contribution in [1.82, 2.24) is 5.32 Å². The largest absolute Gasteiger partial charge is 0.316 e. The summed E-state index contributed by atoms with van der Waals surface area (Å²) in [5, 5.41) is 2.96. The summed E-state index contributed by atoms with van der Waals surface area (Å²) < 4.78 is 35.1. The van der Waals surface area contributed by atoms with Crippen LogP contribution in [0, 0.1) is 5.82 Å². The first-order chi connectivity index (χ1) is 7.92. The van der Waals surface area contributed by atoms with Gasteiger partial charge in [-0.1, -0.05) is 0 Å². The molecule has 6 heteroatoms. The molecule has 1 rings (SSSR count). The van der Waals surface area contributed by atoms with Crippen LogP contribution in [0.3, 0.4) is 0 Å². The van der Waals surface area contributed by atoms with E-state index in [2.05, 4.69) is 5.32 Å². The van der Waals surface area contributed by atoms with Gasteiger partial charge >= 0.3 is 0 Å². The molecule has 0 saturated carbocycles. The standard InChI is InChI=1S/C11H16FNO2S2/c1-13-8-9-7-10(12)3-4-11(9)16-5-6-17(2,14)15/h3-4,7,13H,5-6,8H2,1-2H3. The molecule has 0 aliphatic heterocycles. The molecule has 0 unspecified atom stereocenters.